The quantitative estimate of drug-likeness (QED) is 0.860. The van der Waals surface area contributed by atoms with Gasteiger partial charge in [0.2, 0.25) is 0 Å². The van der Waals surface area contributed by atoms with Crippen LogP contribution in [0.5, 0.6) is 0 Å². The minimum Gasteiger partial charge on any atom is -0.480 e. The molecular formula is C14H19N5O3. The molecule has 0 aromatic carbocycles. The third-order valence-corrected chi connectivity index (χ3v) is 3.46. The van der Waals surface area contributed by atoms with Crippen LogP contribution in [0.25, 0.3) is 0 Å². The molecule has 0 aliphatic carbocycles. The van der Waals surface area contributed by atoms with Gasteiger partial charge in [-0.15, -0.1) is 0 Å². The predicted molar refractivity (Wildman–Crippen MR) is 78.3 cm³/mol. The summed E-state index contributed by atoms with van der Waals surface area (Å²) in [5.41, 5.74) is 1.16. The Bertz CT molecular complexity index is 676. The fourth-order valence-corrected chi connectivity index (χ4v) is 2.19. The van der Waals surface area contributed by atoms with Crippen LogP contribution in [-0.4, -0.2) is 48.5 Å². The number of hydrogen-bond donors (Lipinski definition) is 1. The third kappa shape index (κ3) is 3.00. The summed E-state index contributed by atoms with van der Waals surface area (Å²) in [6.45, 7) is 4.57. The number of rotatable bonds is 6. The highest BCUT2D eigenvalue weighted by Crippen LogP contribution is 2.13. The summed E-state index contributed by atoms with van der Waals surface area (Å²) in [5, 5.41) is 17.2. The normalized spacial score (nSPS) is 12.1. The fraction of sp³-hybridized carbons (Fsp3) is 0.429. The maximum absolute atomic E-state index is 12.5. The Morgan fingerprint density at radius 3 is 2.64 bits per heavy atom. The Kier molecular flexibility index (Phi) is 4.59. The van der Waals surface area contributed by atoms with E-state index in [1.54, 1.807) is 17.9 Å². The Morgan fingerprint density at radius 2 is 2.00 bits per heavy atom. The van der Waals surface area contributed by atoms with E-state index in [9.17, 15) is 9.59 Å². The van der Waals surface area contributed by atoms with Crippen LogP contribution in [0.4, 0.5) is 0 Å². The Balaban J connectivity index is 2.18. The molecule has 1 amide bonds. The Labute approximate surface area is 127 Å². The van der Waals surface area contributed by atoms with Crippen LogP contribution in [0, 0.1) is 0 Å². The number of carboxylic acid groups (broad SMARTS) is 1. The number of aliphatic carboxylic acids is 1. The van der Waals surface area contributed by atoms with Crippen LogP contribution in [0.3, 0.4) is 0 Å². The first kappa shape index (κ1) is 15.7. The zero-order chi connectivity index (χ0) is 16.3. The minimum absolute atomic E-state index is 0.250. The van der Waals surface area contributed by atoms with Gasteiger partial charge in [0.1, 0.15) is 11.7 Å². The van der Waals surface area contributed by atoms with E-state index in [4.69, 9.17) is 5.11 Å². The smallest absolute Gasteiger partial charge is 0.328 e. The first-order valence-corrected chi connectivity index (χ1v) is 6.98. The maximum Gasteiger partial charge on any atom is 0.328 e. The van der Waals surface area contributed by atoms with Crippen LogP contribution >= 0.6 is 0 Å². The lowest BCUT2D eigenvalue weighted by molar-refractivity contribution is -0.140. The molecule has 0 aliphatic rings. The molecule has 22 heavy (non-hydrogen) atoms. The number of carboxylic acids is 1. The van der Waals surface area contributed by atoms with Crippen molar-refractivity contribution in [1.29, 1.82) is 0 Å². The summed E-state index contributed by atoms with van der Waals surface area (Å²) in [6.07, 6.45) is 3.12. The monoisotopic (exact) mass is 305 g/mol. The summed E-state index contributed by atoms with van der Waals surface area (Å²) in [4.78, 5) is 25.1. The zero-order valence-corrected chi connectivity index (χ0v) is 12.8. The molecule has 2 aromatic rings. The molecule has 8 nitrogen and oxygen atoms in total. The molecular weight excluding hydrogens is 286 g/mol. The van der Waals surface area contributed by atoms with E-state index in [-0.39, 0.29) is 11.6 Å². The highest BCUT2D eigenvalue weighted by Gasteiger charge is 2.23. The molecule has 0 bridgehead atoms. The van der Waals surface area contributed by atoms with Gasteiger partial charge >= 0.3 is 5.97 Å². The molecule has 2 rings (SSSR count). The minimum atomic E-state index is -1.04. The van der Waals surface area contributed by atoms with Gasteiger partial charge in [-0.2, -0.15) is 10.2 Å². The van der Waals surface area contributed by atoms with E-state index in [0.717, 1.165) is 12.2 Å². The molecule has 2 heterocycles. The van der Waals surface area contributed by atoms with Crippen molar-refractivity contribution in [2.24, 2.45) is 0 Å². The molecule has 0 radical (unpaired) electrons. The van der Waals surface area contributed by atoms with Gasteiger partial charge in [-0.25, -0.2) is 9.48 Å². The number of aryl methyl sites for hydroxylation is 1. The SMILES string of the molecule is CCn1nccc1CN(C)C(=O)c1ccnn1C(C)C(=O)O. The van der Waals surface area contributed by atoms with Gasteiger partial charge in [0, 0.05) is 26.0 Å². The van der Waals surface area contributed by atoms with Crippen molar-refractivity contribution in [1.82, 2.24) is 24.5 Å². The van der Waals surface area contributed by atoms with Crippen LogP contribution in [0.2, 0.25) is 0 Å². The highest BCUT2D eigenvalue weighted by molar-refractivity contribution is 5.92. The Hall–Kier alpha value is -2.64. The van der Waals surface area contributed by atoms with Gasteiger partial charge in [0.05, 0.1) is 12.2 Å². The van der Waals surface area contributed by atoms with E-state index in [1.807, 2.05) is 13.0 Å². The molecule has 1 unspecified atom stereocenters. The van der Waals surface area contributed by atoms with Crippen molar-refractivity contribution in [3.05, 3.63) is 35.9 Å². The van der Waals surface area contributed by atoms with Crippen molar-refractivity contribution in [2.75, 3.05) is 7.05 Å². The van der Waals surface area contributed by atoms with Crippen LogP contribution in [-0.2, 0) is 17.9 Å². The van der Waals surface area contributed by atoms with Gasteiger partial charge in [-0.3, -0.25) is 9.48 Å². The van der Waals surface area contributed by atoms with Gasteiger partial charge < -0.3 is 10.0 Å². The number of amides is 1. The van der Waals surface area contributed by atoms with Crippen LogP contribution in [0.15, 0.2) is 24.5 Å². The molecule has 2 aromatic heterocycles. The van der Waals surface area contributed by atoms with Gasteiger partial charge in [-0.05, 0) is 26.0 Å². The molecule has 0 spiro atoms. The second-order valence-electron chi connectivity index (χ2n) is 4.97. The van der Waals surface area contributed by atoms with Crippen molar-refractivity contribution in [3.63, 3.8) is 0 Å². The number of aromatic nitrogens is 4. The predicted octanol–water partition coefficient (Wildman–Crippen LogP) is 1.02. The van der Waals surface area contributed by atoms with Crippen molar-refractivity contribution in [2.45, 2.75) is 33.0 Å². The van der Waals surface area contributed by atoms with Crippen molar-refractivity contribution in [3.8, 4) is 0 Å². The number of nitrogens with zero attached hydrogens (tertiary/aromatic N) is 5. The first-order chi connectivity index (χ1) is 10.5. The lowest BCUT2D eigenvalue weighted by atomic mass is 10.3. The van der Waals surface area contributed by atoms with E-state index < -0.39 is 12.0 Å². The lowest BCUT2D eigenvalue weighted by Gasteiger charge is -2.19. The van der Waals surface area contributed by atoms with Gasteiger partial charge in [0.15, 0.2) is 0 Å². The molecule has 8 heteroatoms. The number of carbonyl (C=O) groups excluding carboxylic acids is 1. The molecule has 0 fully saturated rings. The van der Waals surface area contributed by atoms with Crippen LogP contribution in [0.1, 0.15) is 36.1 Å². The largest absolute Gasteiger partial charge is 0.480 e. The summed E-state index contributed by atoms with van der Waals surface area (Å²) in [5.74, 6) is -1.32. The Morgan fingerprint density at radius 1 is 1.32 bits per heavy atom. The second kappa shape index (κ2) is 6.42. The van der Waals surface area contributed by atoms with Crippen molar-refractivity contribution < 1.29 is 14.7 Å². The summed E-state index contributed by atoms with van der Waals surface area (Å²) in [6, 6.07) is 2.48. The second-order valence-corrected chi connectivity index (χ2v) is 4.97. The molecule has 1 N–H and O–H groups in total. The molecule has 118 valence electrons. The average Bonchev–Trinajstić information content (AvgIpc) is 3.13. The van der Waals surface area contributed by atoms with E-state index in [2.05, 4.69) is 10.2 Å². The third-order valence-electron chi connectivity index (χ3n) is 3.46. The lowest BCUT2D eigenvalue weighted by Crippen LogP contribution is -2.31. The standard InChI is InChI=1S/C14H19N5O3/c1-4-18-11(5-7-15-18)9-17(3)13(20)12-6-8-16-19(12)10(2)14(21)22/h5-8,10H,4,9H2,1-3H3,(H,21,22). The molecule has 0 saturated heterocycles. The van der Waals surface area contributed by atoms with E-state index >= 15 is 0 Å². The van der Waals surface area contributed by atoms with Gasteiger partial charge in [0.25, 0.3) is 5.91 Å². The first-order valence-electron chi connectivity index (χ1n) is 6.98. The molecule has 1 atom stereocenters. The van der Waals surface area contributed by atoms with Crippen molar-refractivity contribution >= 4 is 11.9 Å². The van der Waals surface area contributed by atoms with Gasteiger partial charge in [-0.1, -0.05) is 0 Å². The molecule has 0 aliphatic heterocycles. The van der Waals surface area contributed by atoms with Crippen LogP contribution < -0.4 is 0 Å². The molecule has 0 saturated carbocycles. The summed E-state index contributed by atoms with van der Waals surface area (Å²) in [7, 11) is 1.66. The summed E-state index contributed by atoms with van der Waals surface area (Å²) < 4.78 is 3.03. The average molecular weight is 305 g/mol. The van der Waals surface area contributed by atoms with E-state index in [0.29, 0.717) is 6.54 Å². The number of carbonyl (C=O) groups is 2. The number of hydrogen-bond acceptors (Lipinski definition) is 4. The fourth-order valence-electron chi connectivity index (χ4n) is 2.19. The summed E-state index contributed by atoms with van der Waals surface area (Å²) >= 11 is 0. The topological polar surface area (TPSA) is 93.3 Å². The highest BCUT2D eigenvalue weighted by atomic mass is 16.4. The maximum atomic E-state index is 12.5. The zero-order valence-electron chi connectivity index (χ0n) is 12.8. The van der Waals surface area contributed by atoms with E-state index in [1.165, 1.54) is 28.8 Å².